The first-order valence-corrected chi connectivity index (χ1v) is 9.50. The summed E-state index contributed by atoms with van der Waals surface area (Å²) in [7, 11) is 0. The molecule has 0 aliphatic rings. The van der Waals surface area contributed by atoms with Crippen LogP contribution in [0, 0.1) is 0 Å². The van der Waals surface area contributed by atoms with Crippen molar-refractivity contribution in [2.75, 3.05) is 5.32 Å². The van der Waals surface area contributed by atoms with Gasteiger partial charge in [0.1, 0.15) is 5.15 Å². The minimum atomic E-state index is -0.358. The highest BCUT2D eigenvalue weighted by molar-refractivity contribution is 6.34. The summed E-state index contributed by atoms with van der Waals surface area (Å²) in [5, 5.41) is 6.06. The van der Waals surface area contributed by atoms with Crippen LogP contribution in [0.2, 0.25) is 10.2 Å². The number of nitrogens with one attached hydrogen (secondary N) is 2. The van der Waals surface area contributed by atoms with E-state index in [9.17, 15) is 9.59 Å². The van der Waals surface area contributed by atoms with Crippen molar-refractivity contribution in [1.82, 2.24) is 10.3 Å². The zero-order chi connectivity index (χ0) is 20.8. The predicted molar refractivity (Wildman–Crippen MR) is 114 cm³/mol. The lowest BCUT2D eigenvalue weighted by Gasteiger charge is -2.10. The van der Waals surface area contributed by atoms with E-state index in [1.165, 1.54) is 18.3 Å². The molecule has 29 heavy (non-hydrogen) atoms. The zero-order valence-corrected chi connectivity index (χ0v) is 16.8. The van der Waals surface area contributed by atoms with E-state index in [1.54, 1.807) is 18.2 Å². The lowest BCUT2D eigenvalue weighted by Crippen LogP contribution is -2.23. The Balaban J connectivity index is 1.62. The molecule has 8 heteroatoms. The number of anilines is 1. The first-order valence-electron chi connectivity index (χ1n) is 8.75. The molecule has 3 aromatic rings. The number of nitrogens with zero attached hydrogens (tertiary/aromatic N) is 1. The molecule has 0 saturated heterocycles. The summed E-state index contributed by atoms with van der Waals surface area (Å²) in [6.07, 6.45) is 1.38. The van der Waals surface area contributed by atoms with E-state index in [-0.39, 0.29) is 16.8 Å². The van der Waals surface area contributed by atoms with E-state index < -0.39 is 0 Å². The number of rotatable bonds is 6. The maximum atomic E-state index is 12.4. The molecule has 0 atom stereocenters. The normalized spacial score (nSPS) is 10.4. The number of carbonyl (C=O) groups excluding carboxylic acids is 2. The third-order valence-electron chi connectivity index (χ3n) is 4.17. The van der Waals surface area contributed by atoms with Crippen LogP contribution in [-0.2, 0) is 13.1 Å². The molecule has 148 valence electrons. The van der Waals surface area contributed by atoms with Crippen LogP contribution in [0.15, 0.2) is 60.8 Å². The molecule has 4 N–H and O–H groups in total. The first-order chi connectivity index (χ1) is 14.0. The minimum absolute atomic E-state index is 0.230. The van der Waals surface area contributed by atoms with Crippen molar-refractivity contribution in [2.24, 2.45) is 5.73 Å². The molecular weight excluding hydrogens is 411 g/mol. The SMILES string of the molecule is NCc1ccc(CNC(=O)c2ccc(NC(=O)c3ccc(Cl)nc3)cc2Cl)cc1. The second-order valence-corrected chi connectivity index (χ2v) is 7.02. The molecule has 3 rings (SSSR count). The fraction of sp³-hybridized carbons (Fsp3) is 0.0952. The van der Waals surface area contributed by atoms with Gasteiger partial charge in [0.15, 0.2) is 0 Å². The van der Waals surface area contributed by atoms with Gasteiger partial charge in [-0.2, -0.15) is 0 Å². The average molecular weight is 429 g/mol. The number of halogens is 2. The molecule has 0 unspecified atom stereocenters. The van der Waals surface area contributed by atoms with Crippen molar-refractivity contribution < 1.29 is 9.59 Å². The third kappa shape index (κ3) is 5.54. The molecule has 0 radical (unpaired) electrons. The molecule has 0 spiro atoms. The van der Waals surface area contributed by atoms with E-state index in [4.69, 9.17) is 28.9 Å². The predicted octanol–water partition coefficient (Wildman–Crippen LogP) is 4.03. The smallest absolute Gasteiger partial charge is 0.257 e. The molecule has 1 heterocycles. The van der Waals surface area contributed by atoms with Crippen LogP contribution in [0.1, 0.15) is 31.8 Å². The Bertz CT molecular complexity index is 1020. The maximum Gasteiger partial charge on any atom is 0.257 e. The van der Waals surface area contributed by atoms with Crippen molar-refractivity contribution in [3.8, 4) is 0 Å². The van der Waals surface area contributed by atoms with E-state index in [1.807, 2.05) is 24.3 Å². The molecule has 1 aromatic heterocycles. The van der Waals surface area contributed by atoms with E-state index in [0.29, 0.717) is 35.1 Å². The largest absolute Gasteiger partial charge is 0.348 e. The second kappa shape index (κ2) is 9.52. The molecule has 0 fully saturated rings. The quantitative estimate of drug-likeness (QED) is 0.516. The molecule has 0 aliphatic carbocycles. The van der Waals surface area contributed by atoms with Gasteiger partial charge in [-0.15, -0.1) is 0 Å². The molecular formula is C21H18Cl2N4O2. The summed E-state index contributed by atoms with van der Waals surface area (Å²) in [6.45, 7) is 0.835. The Kier molecular flexibility index (Phi) is 6.82. The number of carbonyl (C=O) groups is 2. The Morgan fingerprint density at radius 3 is 2.28 bits per heavy atom. The highest BCUT2D eigenvalue weighted by Crippen LogP contribution is 2.22. The maximum absolute atomic E-state index is 12.4. The highest BCUT2D eigenvalue weighted by Gasteiger charge is 2.13. The van der Waals surface area contributed by atoms with Gasteiger partial charge in [-0.25, -0.2) is 4.98 Å². The van der Waals surface area contributed by atoms with Gasteiger partial charge in [-0.3, -0.25) is 9.59 Å². The van der Waals surface area contributed by atoms with Gasteiger partial charge < -0.3 is 16.4 Å². The van der Waals surface area contributed by atoms with Gasteiger partial charge in [-0.1, -0.05) is 47.5 Å². The molecule has 6 nitrogen and oxygen atoms in total. The van der Waals surface area contributed by atoms with Crippen LogP contribution in [0.4, 0.5) is 5.69 Å². The summed E-state index contributed by atoms with van der Waals surface area (Å²) in [4.78, 5) is 28.5. The summed E-state index contributed by atoms with van der Waals surface area (Å²) < 4.78 is 0. The van der Waals surface area contributed by atoms with Crippen LogP contribution < -0.4 is 16.4 Å². The Hall–Kier alpha value is -2.93. The van der Waals surface area contributed by atoms with Crippen molar-refractivity contribution in [3.63, 3.8) is 0 Å². The van der Waals surface area contributed by atoms with Gasteiger partial charge in [0, 0.05) is 25.0 Å². The van der Waals surface area contributed by atoms with Crippen LogP contribution in [0.5, 0.6) is 0 Å². The van der Waals surface area contributed by atoms with Crippen LogP contribution in [0.3, 0.4) is 0 Å². The van der Waals surface area contributed by atoms with Crippen molar-refractivity contribution in [1.29, 1.82) is 0 Å². The number of amides is 2. The Morgan fingerprint density at radius 2 is 1.66 bits per heavy atom. The number of pyridine rings is 1. The highest BCUT2D eigenvalue weighted by atomic mass is 35.5. The monoisotopic (exact) mass is 428 g/mol. The fourth-order valence-corrected chi connectivity index (χ4v) is 2.94. The average Bonchev–Trinajstić information content (AvgIpc) is 2.73. The minimum Gasteiger partial charge on any atom is -0.348 e. The van der Waals surface area contributed by atoms with Gasteiger partial charge in [0.2, 0.25) is 0 Å². The number of benzene rings is 2. The van der Waals surface area contributed by atoms with Crippen molar-refractivity contribution >= 4 is 40.7 Å². The van der Waals surface area contributed by atoms with Crippen LogP contribution in [-0.4, -0.2) is 16.8 Å². The first kappa shape index (κ1) is 20.8. The fourth-order valence-electron chi connectivity index (χ4n) is 2.56. The molecule has 0 saturated carbocycles. The number of aromatic nitrogens is 1. The Labute approximate surface area is 178 Å². The molecule has 0 bridgehead atoms. The van der Waals surface area contributed by atoms with Crippen molar-refractivity contribution in [2.45, 2.75) is 13.1 Å². The van der Waals surface area contributed by atoms with Gasteiger partial charge in [0.05, 0.1) is 16.1 Å². The lowest BCUT2D eigenvalue weighted by atomic mass is 10.1. The molecule has 0 aliphatic heterocycles. The lowest BCUT2D eigenvalue weighted by molar-refractivity contribution is 0.0950. The van der Waals surface area contributed by atoms with Gasteiger partial charge in [0.25, 0.3) is 11.8 Å². The van der Waals surface area contributed by atoms with Gasteiger partial charge >= 0.3 is 0 Å². The van der Waals surface area contributed by atoms with E-state index >= 15 is 0 Å². The molecule has 2 amide bonds. The van der Waals surface area contributed by atoms with Crippen LogP contribution >= 0.6 is 23.2 Å². The van der Waals surface area contributed by atoms with Crippen LogP contribution in [0.25, 0.3) is 0 Å². The van der Waals surface area contributed by atoms with E-state index in [0.717, 1.165) is 11.1 Å². The summed E-state index contributed by atoms with van der Waals surface area (Å²) in [6, 6.07) is 15.4. The third-order valence-corrected chi connectivity index (χ3v) is 4.71. The van der Waals surface area contributed by atoms with Crippen molar-refractivity contribution in [3.05, 3.63) is 93.2 Å². The Morgan fingerprint density at radius 1 is 0.931 bits per heavy atom. The number of nitrogens with two attached hydrogens (primary N) is 1. The van der Waals surface area contributed by atoms with Gasteiger partial charge in [-0.05, 0) is 41.5 Å². The summed E-state index contributed by atoms with van der Waals surface area (Å²) >= 11 is 12.0. The summed E-state index contributed by atoms with van der Waals surface area (Å²) in [5.74, 6) is -0.666. The zero-order valence-electron chi connectivity index (χ0n) is 15.3. The summed E-state index contributed by atoms with van der Waals surface area (Å²) in [5.41, 5.74) is 8.68. The number of hydrogen-bond donors (Lipinski definition) is 3. The van der Waals surface area contributed by atoms with E-state index in [2.05, 4.69) is 15.6 Å². The topological polar surface area (TPSA) is 97.1 Å². The molecule has 2 aromatic carbocycles. The number of hydrogen-bond acceptors (Lipinski definition) is 4. The second-order valence-electron chi connectivity index (χ2n) is 6.22. The standard InChI is InChI=1S/C21H18Cl2N4O2/c22-18-9-16(27-20(28)15-5-8-19(23)25-12-15)6-7-17(18)21(29)26-11-14-3-1-13(10-24)2-4-14/h1-9,12H,10-11,24H2,(H,26,29)(H,27,28).